The number of para-hydroxylation sites is 1. The summed E-state index contributed by atoms with van der Waals surface area (Å²) in [4.78, 5) is 29.9. The molecule has 2 amide bonds. The third-order valence-electron chi connectivity index (χ3n) is 3.83. The minimum Gasteiger partial charge on any atom is -0.274 e. The first-order chi connectivity index (χ1) is 10.2. The Labute approximate surface area is 121 Å². The van der Waals surface area contributed by atoms with Crippen molar-refractivity contribution in [1.82, 2.24) is 4.98 Å². The lowest BCUT2D eigenvalue weighted by Gasteiger charge is -2.16. The van der Waals surface area contributed by atoms with E-state index in [0.717, 1.165) is 21.8 Å². The van der Waals surface area contributed by atoms with Gasteiger partial charge in [0.2, 0.25) is 11.8 Å². The third kappa shape index (κ3) is 1.80. The van der Waals surface area contributed by atoms with Crippen LogP contribution < -0.4 is 4.90 Å². The number of pyridine rings is 1. The average molecular weight is 276 g/mol. The van der Waals surface area contributed by atoms with Crippen LogP contribution in [0.4, 0.5) is 5.69 Å². The van der Waals surface area contributed by atoms with Crippen LogP contribution in [0, 0.1) is 0 Å². The summed E-state index contributed by atoms with van der Waals surface area (Å²) in [6.45, 7) is 0. The lowest BCUT2D eigenvalue weighted by atomic mass is 10.1. The van der Waals surface area contributed by atoms with Crippen LogP contribution in [0.15, 0.2) is 48.5 Å². The first-order valence-corrected chi connectivity index (χ1v) is 6.88. The van der Waals surface area contributed by atoms with Gasteiger partial charge in [0, 0.05) is 23.6 Å². The summed E-state index contributed by atoms with van der Waals surface area (Å²) < 4.78 is 0. The second kappa shape index (κ2) is 4.38. The molecule has 21 heavy (non-hydrogen) atoms. The number of rotatable bonds is 1. The van der Waals surface area contributed by atoms with Crippen molar-refractivity contribution in [3.8, 4) is 0 Å². The summed E-state index contributed by atoms with van der Waals surface area (Å²) in [7, 11) is 0. The van der Waals surface area contributed by atoms with E-state index >= 15 is 0 Å². The minimum atomic E-state index is -0.138. The maximum absolute atomic E-state index is 12.0. The van der Waals surface area contributed by atoms with Crippen molar-refractivity contribution in [2.45, 2.75) is 12.8 Å². The molecule has 1 saturated heterocycles. The second-order valence-corrected chi connectivity index (χ2v) is 5.15. The maximum Gasteiger partial charge on any atom is 0.234 e. The average Bonchev–Trinajstić information content (AvgIpc) is 2.84. The van der Waals surface area contributed by atoms with Crippen LogP contribution in [0.2, 0.25) is 0 Å². The first kappa shape index (κ1) is 12.0. The number of benzene rings is 2. The van der Waals surface area contributed by atoms with Gasteiger partial charge in [-0.3, -0.25) is 9.59 Å². The maximum atomic E-state index is 12.0. The van der Waals surface area contributed by atoms with E-state index in [0.29, 0.717) is 5.69 Å². The minimum absolute atomic E-state index is 0.138. The topological polar surface area (TPSA) is 50.3 Å². The molecule has 1 aliphatic heterocycles. The summed E-state index contributed by atoms with van der Waals surface area (Å²) in [5.41, 5.74) is 2.33. The Hall–Kier alpha value is -2.75. The molecule has 4 rings (SSSR count). The molecule has 102 valence electrons. The number of nitrogens with zero attached hydrogens (tertiary/aromatic N) is 2. The van der Waals surface area contributed by atoms with E-state index in [1.54, 1.807) is 6.07 Å². The molecule has 0 N–H and O–H groups in total. The van der Waals surface area contributed by atoms with Gasteiger partial charge in [0.15, 0.2) is 0 Å². The van der Waals surface area contributed by atoms with Gasteiger partial charge in [-0.05, 0) is 24.3 Å². The lowest BCUT2D eigenvalue weighted by Crippen LogP contribution is -2.28. The highest BCUT2D eigenvalue weighted by Crippen LogP contribution is 2.31. The number of carbonyl (C=O) groups is 2. The fraction of sp³-hybridized carbons (Fsp3) is 0.118. The molecular formula is C17H12N2O2. The van der Waals surface area contributed by atoms with Crippen molar-refractivity contribution in [2.24, 2.45) is 0 Å². The van der Waals surface area contributed by atoms with Crippen molar-refractivity contribution in [1.29, 1.82) is 0 Å². The third-order valence-corrected chi connectivity index (χ3v) is 3.83. The molecule has 0 spiro atoms. The zero-order valence-electron chi connectivity index (χ0n) is 11.2. The smallest absolute Gasteiger partial charge is 0.234 e. The molecule has 0 unspecified atom stereocenters. The number of aromatic nitrogens is 1. The predicted octanol–water partition coefficient (Wildman–Crippen LogP) is 3.04. The molecule has 1 aromatic heterocycles. The van der Waals surface area contributed by atoms with Crippen LogP contribution in [-0.2, 0) is 9.59 Å². The van der Waals surface area contributed by atoms with Crippen molar-refractivity contribution >= 4 is 39.3 Å². The van der Waals surface area contributed by atoms with Crippen molar-refractivity contribution < 1.29 is 9.59 Å². The fourth-order valence-corrected chi connectivity index (χ4v) is 2.82. The van der Waals surface area contributed by atoms with E-state index in [4.69, 9.17) is 0 Å². The molecule has 1 fully saturated rings. The van der Waals surface area contributed by atoms with Gasteiger partial charge in [0.1, 0.15) is 0 Å². The molecule has 1 aliphatic rings. The highest BCUT2D eigenvalue weighted by atomic mass is 16.2. The van der Waals surface area contributed by atoms with Crippen molar-refractivity contribution in [3.05, 3.63) is 48.5 Å². The normalized spacial score (nSPS) is 15.3. The quantitative estimate of drug-likeness (QED) is 0.507. The zero-order valence-corrected chi connectivity index (χ0v) is 11.2. The number of imide groups is 1. The Morgan fingerprint density at radius 2 is 1.57 bits per heavy atom. The van der Waals surface area contributed by atoms with Gasteiger partial charge in [-0.15, -0.1) is 0 Å². The van der Waals surface area contributed by atoms with Crippen LogP contribution >= 0.6 is 0 Å². The van der Waals surface area contributed by atoms with E-state index in [2.05, 4.69) is 4.98 Å². The van der Waals surface area contributed by atoms with Crippen LogP contribution in [0.3, 0.4) is 0 Å². The summed E-state index contributed by atoms with van der Waals surface area (Å²) in [5.74, 6) is -0.277. The van der Waals surface area contributed by atoms with Crippen molar-refractivity contribution in [3.63, 3.8) is 0 Å². The first-order valence-electron chi connectivity index (χ1n) is 6.88. The molecule has 2 heterocycles. The molecule has 2 aromatic carbocycles. The monoisotopic (exact) mass is 276 g/mol. The Morgan fingerprint density at radius 1 is 0.857 bits per heavy atom. The number of hydrogen-bond donors (Lipinski definition) is 0. The molecule has 0 radical (unpaired) electrons. The van der Waals surface area contributed by atoms with Crippen LogP contribution in [0.1, 0.15) is 12.8 Å². The molecule has 0 atom stereocenters. The molecule has 0 aliphatic carbocycles. The molecule has 3 aromatic rings. The Morgan fingerprint density at radius 3 is 2.38 bits per heavy atom. The van der Waals surface area contributed by atoms with Gasteiger partial charge < -0.3 is 0 Å². The summed E-state index contributed by atoms with van der Waals surface area (Å²) in [6, 6.07) is 15.4. The Balaban J connectivity index is 2.03. The van der Waals surface area contributed by atoms with E-state index in [-0.39, 0.29) is 24.7 Å². The zero-order chi connectivity index (χ0) is 14.4. The summed E-state index contributed by atoms with van der Waals surface area (Å²) in [6.07, 6.45) is 0.576. The second-order valence-electron chi connectivity index (χ2n) is 5.15. The number of fused-ring (bicyclic) bond motifs is 2. The largest absolute Gasteiger partial charge is 0.274 e. The van der Waals surface area contributed by atoms with Gasteiger partial charge in [-0.1, -0.05) is 24.3 Å². The summed E-state index contributed by atoms with van der Waals surface area (Å²) >= 11 is 0. The van der Waals surface area contributed by atoms with Crippen LogP contribution in [0.5, 0.6) is 0 Å². The lowest BCUT2D eigenvalue weighted by molar-refractivity contribution is -0.121. The number of amides is 2. The Kier molecular flexibility index (Phi) is 2.51. The summed E-state index contributed by atoms with van der Waals surface area (Å²) in [5, 5.41) is 1.83. The van der Waals surface area contributed by atoms with E-state index in [9.17, 15) is 9.59 Å². The molecule has 4 heteroatoms. The van der Waals surface area contributed by atoms with Crippen LogP contribution in [0.25, 0.3) is 21.8 Å². The number of hydrogen-bond acceptors (Lipinski definition) is 3. The van der Waals surface area contributed by atoms with Gasteiger partial charge in [-0.2, -0.15) is 0 Å². The highest BCUT2D eigenvalue weighted by molar-refractivity contribution is 6.23. The number of carbonyl (C=O) groups excluding carboxylic acids is 2. The molecular weight excluding hydrogens is 264 g/mol. The fourth-order valence-electron chi connectivity index (χ4n) is 2.82. The van der Waals surface area contributed by atoms with E-state index < -0.39 is 0 Å². The predicted molar refractivity (Wildman–Crippen MR) is 81.0 cm³/mol. The number of anilines is 1. The van der Waals surface area contributed by atoms with Gasteiger partial charge in [0.05, 0.1) is 16.7 Å². The van der Waals surface area contributed by atoms with E-state index in [1.165, 1.54) is 4.90 Å². The molecule has 0 bridgehead atoms. The van der Waals surface area contributed by atoms with Crippen LogP contribution in [-0.4, -0.2) is 16.8 Å². The molecule has 4 nitrogen and oxygen atoms in total. The molecule has 0 saturated carbocycles. The van der Waals surface area contributed by atoms with Gasteiger partial charge in [0.25, 0.3) is 0 Å². The van der Waals surface area contributed by atoms with Gasteiger partial charge >= 0.3 is 0 Å². The SMILES string of the molecule is O=C1CCC(=O)N1c1cccc2nc3ccccc3cc12. The highest BCUT2D eigenvalue weighted by Gasteiger charge is 2.31. The standard InChI is InChI=1S/C17H12N2O2/c20-16-8-9-17(21)19(16)15-7-3-6-14-12(15)10-11-4-1-2-5-13(11)18-14/h1-7,10H,8-9H2. The van der Waals surface area contributed by atoms with Gasteiger partial charge in [-0.25, -0.2) is 9.88 Å². The van der Waals surface area contributed by atoms with E-state index in [1.807, 2.05) is 42.5 Å². The van der Waals surface area contributed by atoms with Crippen molar-refractivity contribution in [2.75, 3.05) is 4.90 Å². The Bertz CT molecular complexity index is 886.